The average molecular weight is 434 g/mol. The molecule has 1 fully saturated rings. The van der Waals surface area contributed by atoms with Crippen LogP contribution in [0, 0.1) is 0 Å². The van der Waals surface area contributed by atoms with E-state index in [9.17, 15) is 14.4 Å². The molecule has 1 aliphatic rings. The van der Waals surface area contributed by atoms with Gasteiger partial charge in [0.05, 0.1) is 10.6 Å². The normalized spacial score (nSPS) is 14.3. The van der Waals surface area contributed by atoms with Crippen LogP contribution in [0.1, 0.15) is 34.1 Å². The first-order valence-corrected chi connectivity index (χ1v) is 10.0. The third-order valence-corrected chi connectivity index (χ3v) is 5.22. The zero-order valence-electron chi connectivity index (χ0n) is 16.0. The van der Waals surface area contributed by atoms with Crippen molar-refractivity contribution in [3.63, 3.8) is 0 Å². The van der Waals surface area contributed by atoms with Crippen LogP contribution < -0.4 is 5.32 Å². The third-order valence-electron chi connectivity index (χ3n) is 4.66. The van der Waals surface area contributed by atoms with Crippen LogP contribution in [-0.2, 0) is 4.79 Å². The van der Waals surface area contributed by atoms with Crippen LogP contribution in [0.15, 0.2) is 42.5 Å². The summed E-state index contributed by atoms with van der Waals surface area (Å²) in [5.41, 5.74) is 1.43. The second-order valence-corrected chi connectivity index (χ2v) is 7.67. The van der Waals surface area contributed by atoms with Crippen LogP contribution in [-0.4, -0.2) is 53.7 Å². The van der Waals surface area contributed by atoms with Gasteiger partial charge in [-0.1, -0.05) is 29.3 Å². The third kappa shape index (κ3) is 5.28. The molecule has 0 atom stereocenters. The molecule has 1 N–H and O–H groups in total. The number of rotatable bonds is 3. The number of amides is 3. The first kappa shape index (κ1) is 21.1. The highest BCUT2D eigenvalue weighted by molar-refractivity contribution is 6.35. The van der Waals surface area contributed by atoms with Crippen molar-refractivity contribution in [3.05, 3.63) is 63.6 Å². The number of nitrogens with one attached hydrogen (secondary N) is 1. The van der Waals surface area contributed by atoms with Crippen LogP contribution in [0.2, 0.25) is 10.0 Å². The number of carbonyl (C=O) groups excluding carboxylic acids is 3. The number of nitrogens with zero attached hydrogens (tertiary/aromatic N) is 2. The van der Waals surface area contributed by atoms with E-state index in [0.717, 1.165) is 0 Å². The Balaban J connectivity index is 1.69. The lowest BCUT2D eigenvalue weighted by molar-refractivity contribution is -0.114. The van der Waals surface area contributed by atoms with Crippen LogP contribution in [0.5, 0.6) is 0 Å². The largest absolute Gasteiger partial charge is 0.337 e. The number of hydrogen-bond donors (Lipinski definition) is 1. The molecule has 0 unspecified atom stereocenters. The molecule has 29 heavy (non-hydrogen) atoms. The fourth-order valence-electron chi connectivity index (χ4n) is 3.27. The molecule has 1 aliphatic heterocycles. The number of benzene rings is 2. The summed E-state index contributed by atoms with van der Waals surface area (Å²) in [5.74, 6) is -0.523. The lowest BCUT2D eigenvalue weighted by Gasteiger charge is -2.23. The Bertz CT molecular complexity index is 949. The van der Waals surface area contributed by atoms with Gasteiger partial charge in [0.1, 0.15) is 0 Å². The fourth-order valence-corrected chi connectivity index (χ4v) is 3.64. The zero-order chi connectivity index (χ0) is 21.0. The SMILES string of the molecule is CC(=O)Nc1cccc(C(=O)N2CCCN(C(=O)c3cc(Cl)ccc3Cl)CC2)c1. The molecule has 0 saturated carbocycles. The molecule has 6 nitrogen and oxygen atoms in total. The van der Waals surface area contributed by atoms with Gasteiger partial charge in [-0.25, -0.2) is 0 Å². The van der Waals surface area contributed by atoms with Gasteiger partial charge >= 0.3 is 0 Å². The van der Waals surface area contributed by atoms with Crippen molar-refractivity contribution in [2.24, 2.45) is 0 Å². The Kier molecular flexibility index (Phi) is 6.77. The summed E-state index contributed by atoms with van der Waals surface area (Å²) in [6.07, 6.45) is 0.654. The second kappa shape index (κ2) is 9.29. The number of hydrogen-bond acceptors (Lipinski definition) is 3. The summed E-state index contributed by atoms with van der Waals surface area (Å²) in [5, 5.41) is 3.48. The smallest absolute Gasteiger partial charge is 0.255 e. The van der Waals surface area contributed by atoms with Gasteiger partial charge in [-0.05, 0) is 42.8 Å². The highest BCUT2D eigenvalue weighted by Crippen LogP contribution is 2.23. The lowest BCUT2D eigenvalue weighted by atomic mass is 10.1. The fraction of sp³-hybridized carbons (Fsp3) is 0.286. The summed E-state index contributed by atoms with van der Waals surface area (Å²) in [4.78, 5) is 40.4. The molecule has 0 spiro atoms. The van der Waals surface area contributed by atoms with Crippen molar-refractivity contribution >= 4 is 46.6 Å². The first-order chi connectivity index (χ1) is 13.8. The van der Waals surface area contributed by atoms with Gasteiger partial charge in [0, 0.05) is 49.4 Å². The van der Waals surface area contributed by atoms with Gasteiger partial charge in [0.2, 0.25) is 5.91 Å². The first-order valence-electron chi connectivity index (χ1n) is 9.26. The Morgan fingerprint density at radius 1 is 0.897 bits per heavy atom. The van der Waals surface area contributed by atoms with Crippen molar-refractivity contribution in [2.45, 2.75) is 13.3 Å². The molecule has 1 heterocycles. The van der Waals surface area contributed by atoms with Gasteiger partial charge < -0.3 is 15.1 Å². The van der Waals surface area contributed by atoms with Gasteiger partial charge in [-0.15, -0.1) is 0 Å². The minimum Gasteiger partial charge on any atom is -0.337 e. The molecule has 2 aromatic carbocycles. The maximum Gasteiger partial charge on any atom is 0.255 e. The summed E-state index contributed by atoms with van der Waals surface area (Å²) >= 11 is 12.2. The highest BCUT2D eigenvalue weighted by Gasteiger charge is 2.25. The number of halogens is 2. The van der Waals surface area contributed by atoms with Crippen molar-refractivity contribution in [3.8, 4) is 0 Å². The molecule has 0 radical (unpaired) electrons. The van der Waals surface area contributed by atoms with E-state index in [0.29, 0.717) is 59.5 Å². The molecular formula is C21H21Cl2N3O3. The molecule has 2 aromatic rings. The minimum atomic E-state index is -0.196. The molecule has 3 amide bonds. The topological polar surface area (TPSA) is 69.7 Å². The Morgan fingerprint density at radius 3 is 2.28 bits per heavy atom. The van der Waals surface area contributed by atoms with Gasteiger partial charge in [0.25, 0.3) is 11.8 Å². The predicted octanol–water partition coefficient (Wildman–Crippen LogP) is 3.94. The summed E-state index contributed by atoms with van der Waals surface area (Å²) < 4.78 is 0. The van der Waals surface area contributed by atoms with E-state index in [1.807, 2.05) is 0 Å². The Labute approximate surface area is 179 Å². The van der Waals surface area contributed by atoms with Crippen molar-refractivity contribution in [2.75, 3.05) is 31.5 Å². The summed E-state index contributed by atoms with van der Waals surface area (Å²) in [6.45, 7) is 3.29. The van der Waals surface area contributed by atoms with E-state index < -0.39 is 0 Å². The van der Waals surface area contributed by atoms with Crippen molar-refractivity contribution < 1.29 is 14.4 Å². The van der Waals surface area contributed by atoms with E-state index in [1.54, 1.807) is 52.3 Å². The van der Waals surface area contributed by atoms with Gasteiger partial charge in [-0.3, -0.25) is 14.4 Å². The Hall–Kier alpha value is -2.57. The molecule has 0 aliphatic carbocycles. The molecule has 1 saturated heterocycles. The number of carbonyl (C=O) groups is 3. The summed E-state index contributed by atoms with van der Waals surface area (Å²) in [7, 11) is 0. The predicted molar refractivity (Wildman–Crippen MR) is 114 cm³/mol. The van der Waals surface area contributed by atoms with Crippen molar-refractivity contribution in [1.82, 2.24) is 9.80 Å². The standard InChI is InChI=1S/C21H21Cl2N3O3/c1-14(27)24-17-5-2-4-15(12-17)20(28)25-8-3-9-26(11-10-25)21(29)18-13-16(22)6-7-19(18)23/h2,4-7,12-13H,3,8-11H2,1H3,(H,24,27). The molecule has 152 valence electrons. The van der Waals surface area contributed by atoms with Crippen LogP contribution in [0.3, 0.4) is 0 Å². The average Bonchev–Trinajstić information content (AvgIpc) is 2.94. The number of anilines is 1. The lowest BCUT2D eigenvalue weighted by Crippen LogP contribution is -2.37. The maximum absolute atomic E-state index is 12.9. The molecule has 3 rings (SSSR count). The Morgan fingerprint density at radius 2 is 1.59 bits per heavy atom. The van der Waals surface area contributed by atoms with Gasteiger partial charge in [-0.2, -0.15) is 0 Å². The summed E-state index contributed by atoms with van der Waals surface area (Å²) in [6, 6.07) is 11.6. The zero-order valence-corrected chi connectivity index (χ0v) is 17.5. The van der Waals surface area contributed by atoms with E-state index in [-0.39, 0.29) is 17.7 Å². The molecule has 0 bridgehead atoms. The monoisotopic (exact) mass is 433 g/mol. The van der Waals surface area contributed by atoms with Gasteiger partial charge in [0.15, 0.2) is 0 Å². The maximum atomic E-state index is 12.9. The van der Waals surface area contributed by atoms with E-state index in [2.05, 4.69) is 5.32 Å². The highest BCUT2D eigenvalue weighted by atomic mass is 35.5. The molecular weight excluding hydrogens is 413 g/mol. The molecule has 0 aromatic heterocycles. The minimum absolute atomic E-state index is 0.132. The van der Waals surface area contributed by atoms with E-state index in [1.165, 1.54) is 6.92 Å². The van der Waals surface area contributed by atoms with Crippen LogP contribution >= 0.6 is 23.2 Å². The second-order valence-electron chi connectivity index (χ2n) is 6.82. The molecule has 8 heteroatoms. The van der Waals surface area contributed by atoms with Crippen molar-refractivity contribution in [1.29, 1.82) is 0 Å². The van der Waals surface area contributed by atoms with Crippen LogP contribution in [0.25, 0.3) is 0 Å². The van der Waals surface area contributed by atoms with Crippen LogP contribution in [0.4, 0.5) is 5.69 Å². The quantitative estimate of drug-likeness (QED) is 0.796. The van der Waals surface area contributed by atoms with E-state index >= 15 is 0 Å². The van der Waals surface area contributed by atoms with E-state index in [4.69, 9.17) is 23.2 Å².